The van der Waals surface area contributed by atoms with E-state index < -0.39 is 0 Å². The third kappa shape index (κ3) is 2.96. The highest BCUT2D eigenvalue weighted by molar-refractivity contribution is 5.85. The van der Waals surface area contributed by atoms with Gasteiger partial charge in [-0.25, -0.2) is 4.99 Å². The van der Waals surface area contributed by atoms with E-state index >= 15 is 0 Å². The fourth-order valence-corrected chi connectivity index (χ4v) is 3.52. The standard InChI is InChI=1S/C18H26N4/c1-13-15-10-6-7-11-16(15)22(2)17(13)12-20-18(19)21-14-8-4-3-5-9-14/h6-7,10-11,14H,3-5,8-9,12H2,1-2H3,(H3,19,20,21). The Morgan fingerprint density at radius 2 is 2.00 bits per heavy atom. The van der Waals surface area contributed by atoms with Crippen molar-refractivity contribution in [2.45, 2.75) is 51.6 Å². The van der Waals surface area contributed by atoms with E-state index in [0.717, 1.165) is 0 Å². The summed E-state index contributed by atoms with van der Waals surface area (Å²) in [5, 5.41) is 4.68. The minimum absolute atomic E-state index is 0.506. The molecular weight excluding hydrogens is 272 g/mol. The Morgan fingerprint density at radius 1 is 1.27 bits per heavy atom. The predicted octanol–water partition coefficient (Wildman–Crippen LogP) is 3.22. The zero-order valence-corrected chi connectivity index (χ0v) is 13.6. The number of benzene rings is 1. The highest BCUT2D eigenvalue weighted by atomic mass is 15.1. The summed E-state index contributed by atoms with van der Waals surface area (Å²) in [5.74, 6) is 0.580. The van der Waals surface area contributed by atoms with Gasteiger partial charge in [-0.3, -0.25) is 0 Å². The number of nitrogens with zero attached hydrogens (tertiary/aromatic N) is 2. The normalized spacial score (nSPS) is 17.1. The summed E-state index contributed by atoms with van der Waals surface area (Å²) in [7, 11) is 2.10. The molecule has 0 bridgehead atoms. The number of nitrogens with one attached hydrogen (secondary N) is 1. The van der Waals surface area contributed by atoms with E-state index in [1.807, 2.05) is 0 Å². The zero-order valence-electron chi connectivity index (χ0n) is 13.6. The number of aliphatic imine (C=N–C) groups is 1. The number of guanidine groups is 1. The lowest BCUT2D eigenvalue weighted by Gasteiger charge is -2.23. The zero-order chi connectivity index (χ0) is 15.5. The van der Waals surface area contributed by atoms with Crippen LogP contribution in [0.1, 0.15) is 43.4 Å². The molecule has 3 rings (SSSR count). The number of aryl methyl sites for hydroxylation is 2. The second kappa shape index (κ2) is 6.42. The molecule has 1 aromatic heterocycles. The molecule has 2 aromatic rings. The number of rotatable bonds is 3. The first-order chi connectivity index (χ1) is 10.7. The molecule has 0 unspecified atom stereocenters. The Kier molecular flexibility index (Phi) is 4.36. The molecule has 118 valence electrons. The Hall–Kier alpha value is -1.97. The van der Waals surface area contributed by atoms with Crippen LogP contribution < -0.4 is 11.1 Å². The fourth-order valence-electron chi connectivity index (χ4n) is 3.52. The molecule has 0 aliphatic heterocycles. The number of hydrogen-bond donors (Lipinski definition) is 2. The summed E-state index contributed by atoms with van der Waals surface area (Å²) in [6.07, 6.45) is 6.37. The van der Waals surface area contributed by atoms with Crippen LogP contribution in [0.15, 0.2) is 29.3 Å². The molecule has 22 heavy (non-hydrogen) atoms. The molecule has 0 atom stereocenters. The van der Waals surface area contributed by atoms with Crippen molar-refractivity contribution in [2.75, 3.05) is 0 Å². The smallest absolute Gasteiger partial charge is 0.189 e. The van der Waals surface area contributed by atoms with Crippen LogP contribution >= 0.6 is 0 Å². The molecule has 0 spiro atoms. The molecule has 4 nitrogen and oxygen atoms in total. The van der Waals surface area contributed by atoms with E-state index in [2.05, 4.69) is 53.1 Å². The van der Waals surface area contributed by atoms with E-state index in [0.29, 0.717) is 18.5 Å². The molecule has 0 amide bonds. The lowest BCUT2D eigenvalue weighted by molar-refractivity contribution is 0.412. The van der Waals surface area contributed by atoms with Gasteiger partial charge in [0.2, 0.25) is 0 Å². The Balaban J connectivity index is 1.74. The van der Waals surface area contributed by atoms with E-state index in [1.165, 1.54) is 54.3 Å². The van der Waals surface area contributed by atoms with Crippen LogP contribution in [0.25, 0.3) is 10.9 Å². The number of fused-ring (bicyclic) bond motifs is 1. The molecule has 0 radical (unpaired) electrons. The van der Waals surface area contributed by atoms with Gasteiger partial charge in [0.15, 0.2) is 5.96 Å². The van der Waals surface area contributed by atoms with Crippen LogP contribution in [-0.4, -0.2) is 16.6 Å². The van der Waals surface area contributed by atoms with Gasteiger partial charge in [0, 0.05) is 29.7 Å². The van der Waals surface area contributed by atoms with Crippen molar-refractivity contribution in [3.05, 3.63) is 35.5 Å². The molecular formula is C18H26N4. The van der Waals surface area contributed by atoms with E-state index in [1.54, 1.807) is 0 Å². The van der Waals surface area contributed by atoms with Gasteiger partial charge < -0.3 is 15.6 Å². The molecule has 4 heteroatoms. The van der Waals surface area contributed by atoms with Crippen LogP contribution in [0.3, 0.4) is 0 Å². The SMILES string of the molecule is Cc1c(CN=C(N)NC2CCCCC2)n(C)c2ccccc12. The molecule has 1 aliphatic carbocycles. The molecule has 0 saturated heterocycles. The number of aromatic nitrogens is 1. The van der Waals surface area contributed by atoms with Gasteiger partial charge in [0.25, 0.3) is 0 Å². The third-order valence-corrected chi connectivity index (χ3v) is 4.86. The first-order valence-electron chi connectivity index (χ1n) is 8.26. The fraction of sp³-hybridized carbons (Fsp3) is 0.500. The summed E-state index contributed by atoms with van der Waals surface area (Å²) in [4.78, 5) is 4.57. The third-order valence-electron chi connectivity index (χ3n) is 4.86. The number of hydrogen-bond acceptors (Lipinski definition) is 1. The van der Waals surface area contributed by atoms with E-state index in [-0.39, 0.29) is 0 Å². The maximum absolute atomic E-state index is 6.08. The van der Waals surface area contributed by atoms with Crippen LogP contribution in [0.2, 0.25) is 0 Å². The summed E-state index contributed by atoms with van der Waals surface area (Å²) in [6, 6.07) is 8.99. The molecule has 1 aromatic carbocycles. The van der Waals surface area contributed by atoms with E-state index in [4.69, 9.17) is 5.73 Å². The molecule has 1 fully saturated rings. The van der Waals surface area contributed by atoms with Crippen LogP contribution in [0, 0.1) is 6.92 Å². The average molecular weight is 298 g/mol. The van der Waals surface area contributed by atoms with Crippen LogP contribution in [-0.2, 0) is 13.6 Å². The van der Waals surface area contributed by atoms with Crippen LogP contribution in [0.4, 0.5) is 0 Å². The average Bonchev–Trinajstić information content (AvgIpc) is 2.78. The van der Waals surface area contributed by atoms with Crippen LogP contribution in [0.5, 0.6) is 0 Å². The summed E-state index contributed by atoms with van der Waals surface area (Å²) < 4.78 is 2.22. The van der Waals surface area contributed by atoms with Crippen molar-refractivity contribution >= 4 is 16.9 Å². The minimum Gasteiger partial charge on any atom is -0.370 e. The topological polar surface area (TPSA) is 55.3 Å². The van der Waals surface area contributed by atoms with Crippen molar-refractivity contribution in [1.29, 1.82) is 0 Å². The number of para-hydroxylation sites is 1. The second-order valence-electron chi connectivity index (χ2n) is 6.33. The quantitative estimate of drug-likeness (QED) is 0.675. The molecule has 1 aliphatic rings. The van der Waals surface area contributed by atoms with Crippen molar-refractivity contribution in [1.82, 2.24) is 9.88 Å². The highest BCUT2D eigenvalue weighted by Gasteiger charge is 2.14. The monoisotopic (exact) mass is 298 g/mol. The lowest BCUT2D eigenvalue weighted by atomic mass is 9.96. The van der Waals surface area contributed by atoms with Gasteiger partial charge in [-0.2, -0.15) is 0 Å². The second-order valence-corrected chi connectivity index (χ2v) is 6.33. The first-order valence-corrected chi connectivity index (χ1v) is 8.26. The summed E-state index contributed by atoms with van der Waals surface area (Å²) >= 11 is 0. The van der Waals surface area contributed by atoms with Gasteiger partial charge in [0.1, 0.15) is 0 Å². The van der Waals surface area contributed by atoms with E-state index in [9.17, 15) is 0 Å². The van der Waals surface area contributed by atoms with Gasteiger partial charge in [-0.05, 0) is 31.4 Å². The molecule has 1 saturated carbocycles. The Morgan fingerprint density at radius 3 is 2.73 bits per heavy atom. The summed E-state index contributed by atoms with van der Waals surface area (Å²) in [5.41, 5.74) is 9.86. The van der Waals surface area contributed by atoms with Gasteiger partial charge in [-0.15, -0.1) is 0 Å². The first kappa shape index (κ1) is 14.9. The van der Waals surface area contributed by atoms with Crippen molar-refractivity contribution in [2.24, 2.45) is 17.8 Å². The lowest BCUT2D eigenvalue weighted by Crippen LogP contribution is -2.41. The van der Waals surface area contributed by atoms with Crippen molar-refractivity contribution in [3.63, 3.8) is 0 Å². The number of nitrogens with two attached hydrogens (primary N) is 1. The molecule has 3 N–H and O–H groups in total. The minimum atomic E-state index is 0.506. The summed E-state index contributed by atoms with van der Waals surface area (Å²) in [6.45, 7) is 2.79. The molecule has 1 heterocycles. The van der Waals surface area contributed by atoms with Crippen molar-refractivity contribution in [3.8, 4) is 0 Å². The van der Waals surface area contributed by atoms with Gasteiger partial charge >= 0.3 is 0 Å². The van der Waals surface area contributed by atoms with Gasteiger partial charge in [-0.1, -0.05) is 37.5 Å². The van der Waals surface area contributed by atoms with Crippen molar-refractivity contribution < 1.29 is 0 Å². The van der Waals surface area contributed by atoms with Gasteiger partial charge in [0.05, 0.1) is 6.54 Å². The highest BCUT2D eigenvalue weighted by Crippen LogP contribution is 2.24. The maximum atomic E-state index is 6.08. The Labute approximate surface area is 132 Å². The predicted molar refractivity (Wildman–Crippen MR) is 93.0 cm³/mol. The Bertz CT molecular complexity index is 639. The maximum Gasteiger partial charge on any atom is 0.189 e. The largest absolute Gasteiger partial charge is 0.370 e.